The lowest BCUT2D eigenvalue weighted by molar-refractivity contribution is 0.473. The zero-order valence-electron chi connectivity index (χ0n) is 9.87. The van der Waals surface area contributed by atoms with Crippen LogP contribution in [0.5, 0.6) is 0 Å². The van der Waals surface area contributed by atoms with Crippen molar-refractivity contribution in [2.75, 3.05) is 18.5 Å². The van der Waals surface area contributed by atoms with Gasteiger partial charge in [-0.15, -0.1) is 0 Å². The topological polar surface area (TPSA) is 29.3 Å². The lowest BCUT2D eigenvalue weighted by atomic mass is 10.0. The summed E-state index contributed by atoms with van der Waals surface area (Å²) < 4.78 is 13.6. The Labute approximate surface area is 101 Å². The number of hydrogen-bond donors (Lipinski definition) is 1. The predicted molar refractivity (Wildman–Crippen MR) is 67.5 cm³/mol. The molecular weight excluding hydrogens is 227 g/mol. The Bertz CT molecular complexity index is 355. The molecule has 1 aromatic carbocycles. The van der Waals surface area contributed by atoms with Crippen molar-refractivity contribution in [2.45, 2.75) is 19.9 Å². The third-order valence-electron chi connectivity index (χ3n) is 2.80. The van der Waals surface area contributed by atoms with Gasteiger partial charge in [0.1, 0.15) is 5.82 Å². The van der Waals surface area contributed by atoms with Gasteiger partial charge in [0, 0.05) is 24.7 Å². The molecule has 2 N–H and O–H groups in total. The molecule has 1 aromatic rings. The van der Waals surface area contributed by atoms with Crippen LogP contribution in [0.1, 0.15) is 13.8 Å². The van der Waals surface area contributed by atoms with E-state index in [2.05, 4.69) is 13.8 Å². The van der Waals surface area contributed by atoms with Gasteiger partial charge in [0.05, 0.1) is 5.69 Å². The molecule has 0 aliphatic heterocycles. The zero-order chi connectivity index (χ0) is 12.3. The van der Waals surface area contributed by atoms with Gasteiger partial charge in [-0.2, -0.15) is 0 Å². The minimum Gasteiger partial charge on any atom is -0.368 e. The predicted octanol–water partition coefficient (Wildman–Crippen LogP) is 2.90. The quantitative estimate of drug-likeness (QED) is 0.883. The lowest BCUT2D eigenvalue weighted by Gasteiger charge is -2.32. The van der Waals surface area contributed by atoms with Crippen LogP contribution in [0.2, 0.25) is 5.02 Å². The first-order valence-corrected chi connectivity index (χ1v) is 5.73. The molecule has 0 saturated carbocycles. The maximum absolute atomic E-state index is 13.6. The van der Waals surface area contributed by atoms with Crippen molar-refractivity contribution in [1.29, 1.82) is 0 Å². The Morgan fingerprint density at radius 2 is 2.06 bits per heavy atom. The molecule has 0 amide bonds. The molecule has 0 saturated heterocycles. The summed E-state index contributed by atoms with van der Waals surface area (Å²) in [5.74, 6) is 0.0828. The highest BCUT2D eigenvalue weighted by molar-refractivity contribution is 6.30. The largest absolute Gasteiger partial charge is 0.368 e. The van der Waals surface area contributed by atoms with E-state index in [0.29, 0.717) is 23.2 Å². The standard InChI is InChI=1S/C12H18ClFN2/c1-8(2)12(7-15)16(3)11-6-9(13)4-5-10(11)14/h4-6,8,12H,7,15H2,1-3H3. The van der Waals surface area contributed by atoms with E-state index in [1.54, 1.807) is 12.1 Å². The lowest BCUT2D eigenvalue weighted by Crippen LogP contribution is -2.42. The van der Waals surface area contributed by atoms with Crippen LogP contribution in [0.25, 0.3) is 0 Å². The van der Waals surface area contributed by atoms with E-state index in [-0.39, 0.29) is 11.9 Å². The second-order valence-electron chi connectivity index (χ2n) is 4.25. The number of anilines is 1. The highest BCUT2D eigenvalue weighted by atomic mass is 35.5. The van der Waals surface area contributed by atoms with Crippen molar-refractivity contribution < 1.29 is 4.39 Å². The van der Waals surface area contributed by atoms with Crippen LogP contribution in [0, 0.1) is 11.7 Å². The maximum atomic E-state index is 13.6. The molecule has 0 bridgehead atoms. The van der Waals surface area contributed by atoms with E-state index in [4.69, 9.17) is 17.3 Å². The molecule has 0 aliphatic rings. The molecule has 0 aliphatic carbocycles. The van der Waals surface area contributed by atoms with Gasteiger partial charge in [0.25, 0.3) is 0 Å². The average molecular weight is 245 g/mol. The Kier molecular flexibility index (Phi) is 4.56. The average Bonchev–Trinajstić information content (AvgIpc) is 2.22. The number of likely N-dealkylation sites (N-methyl/N-ethyl adjacent to an activating group) is 1. The fraction of sp³-hybridized carbons (Fsp3) is 0.500. The summed E-state index contributed by atoms with van der Waals surface area (Å²) in [5.41, 5.74) is 6.20. The molecular formula is C12H18ClFN2. The summed E-state index contributed by atoms with van der Waals surface area (Å²) in [4.78, 5) is 1.85. The third-order valence-corrected chi connectivity index (χ3v) is 3.03. The molecule has 2 nitrogen and oxygen atoms in total. The molecule has 0 fully saturated rings. The smallest absolute Gasteiger partial charge is 0.146 e. The van der Waals surface area contributed by atoms with Gasteiger partial charge in [-0.3, -0.25) is 0 Å². The van der Waals surface area contributed by atoms with Gasteiger partial charge >= 0.3 is 0 Å². The van der Waals surface area contributed by atoms with Crippen LogP contribution in [0.15, 0.2) is 18.2 Å². The number of hydrogen-bond acceptors (Lipinski definition) is 2. The summed E-state index contributed by atoms with van der Waals surface area (Å²) in [6.07, 6.45) is 0. The monoisotopic (exact) mass is 244 g/mol. The highest BCUT2D eigenvalue weighted by Gasteiger charge is 2.19. The molecule has 1 atom stereocenters. The molecule has 0 spiro atoms. The fourth-order valence-electron chi connectivity index (χ4n) is 1.81. The second kappa shape index (κ2) is 5.51. The van der Waals surface area contributed by atoms with Crippen LogP contribution in [-0.4, -0.2) is 19.6 Å². The van der Waals surface area contributed by atoms with Crippen LogP contribution in [0.3, 0.4) is 0 Å². The van der Waals surface area contributed by atoms with Crippen LogP contribution >= 0.6 is 11.6 Å². The molecule has 16 heavy (non-hydrogen) atoms. The van der Waals surface area contributed by atoms with Crippen LogP contribution < -0.4 is 10.6 Å². The number of benzene rings is 1. The minimum atomic E-state index is -0.272. The molecule has 1 rings (SSSR count). The minimum absolute atomic E-state index is 0.105. The maximum Gasteiger partial charge on any atom is 0.146 e. The van der Waals surface area contributed by atoms with E-state index in [1.807, 2.05) is 11.9 Å². The fourth-order valence-corrected chi connectivity index (χ4v) is 1.98. The molecule has 0 heterocycles. The van der Waals surface area contributed by atoms with Crippen LogP contribution in [-0.2, 0) is 0 Å². The van der Waals surface area contributed by atoms with Gasteiger partial charge in [-0.05, 0) is 24.1 Å². The van der Waals surface area contributed by atoms with Crippen molar-refractivity contribution >= 4 is 17.3 Å². The number of rotatable bonds is 4. The first-order valence-electron chi connectivity index (χ1n) is 5.35. The van der Waals surface area contributed by atoms with Crippen LogP contribution in [0.4, 0.5) is 10.1 Å². The zero-order valence-corrected chi connectivity index (χ0v) is 10.6. The first-order chi connectivity index (χ1) is 7.47. The Morgan fingerprint density at radius 1 is 1.44 bits per heavy atom. The van der Waals surface area contributed by atoms with E-state index in [9.17, 15) is 4.39 Å². The SMILES string of the molecule is CC(C)C(CN)N(C)c1cc(Cl)ccc1F. The molecule has 0 aromatic heterocycles. The van der Waals surface area contributed by atoms with Crippen molar-refractivity contribution in [3.63, 3.8) is 0 Å². The third kappa shape index (κ3) is 2.86. The van der Waals surface area contributed by atoms with Gasteiger partial charge in [0.2, 0.25) is 0 Å². The van der Waals surface area contributed by atoms with E-state index in [1.165, 1.54) is 6.07 Å². The van der Waals surface area contributed by atoms with Crippen molar-refractivity contribution in [3.05, 3.63) is 29.0 Å². The molecule has 4 heteroatoms. The Balaban J connectivity index is 3.02. The van der Waals surface area contributed by atoms with E-state index < -0.39 is 0 Å². The van der Waals surface area contributed by atoms with Gasteiger partial charge < -0.3 is 10.6 Å². The summed E-state index contributed by atoms with van der Waals surface area (Å²) in [7, 11) is 1.84. The summed E-state index contributed by atoms with van der Waals surface area (Å²) in [6, 6.07) is 4.65. The first kappa shape index (κ1) is 13.3. The van der Waals surface area contributed by atoms with E-state index >= 15 is 0 Å². The van der Waals surface area contributed by atoms with Crippen molar-refractivity contribution in [2.24, 2.45) is 11.7 Å². The van der Waals surface area contributed by atoms with Crippen molar-refractivity contribution in [1.82, 2.24) is 0 Å². The summed E-state index contributed by atoms with van der Waals surface area (Å²) in [5, 5.41) is 0.530. The number of halogens is 2. The Morgan fingerprint density at radius 3 is 2.56 bits per heavy atom. The second-order valence-corrected chi connectivity index (χ2v) is 4.69. The summed E-state index contributed by atoms with van der Waals surface area (Å²) in [6.45, 7) is 4.62. The molecule has 0 radical (unpaired) electrons. The van der Waals surface area contributed by atoms with E-state index in [0.717, 1.165) is 0 Å². The highest BCUT2D eigenvalue weighted by Crippen LogP contribution is 2.25. The normalized spacial score (nSPS) is 12.9. The van der Waals surface area contributed by atoms with Gasteiger partial charge in [-0.25, -0.2) is 4.39 Å². The number of nitrogens with two attached hydrogens (primary N) is 1. The van der Waals surface area contributed by atoms with Gasteiger partial charge in [0.15, 0.2) is 0 Å². The van der Waals surface area contributed by atoms with Crippen molar-refractivity contribution in [3.8, 4) is 0 Å². The summed E-state index contributed by atoms with van der Waals surface area (Å²) >= 11 is 5.86. The molecule has 90 valence electrons. The number of nitrogens with zero attached hydrogens (tertiary/aromatic N) is 1. The molecule has 1 unspecified atom stereocenters. The Hall–Kier alpha value is -0.800. The van der Waals surface area contributed by atoms with Gasteiger partial charge in [-0.1, -0.05) is 25.4 Å².